The van der Waals surface area contributed by atoms with Crippen LogP contribution in [0.15, 0.2) is 28.8 Å². The van der Waals surface area contributed by atoms with E-state index in [9.17, 15) is 4.79 Å². The van der Waals surface area contributed by atoms with Crippen LogP contribution in [0, 0.1) is 6.92 Å². The number of nitrogens with zero attached hydrogens (tertiary/aromatic N) is 2. The molecule has 25 heavy (non-hydrogen) atoms. The summed E-state index contributed by atoms with van der Waals surface area (Å²) in [4.78, 5) is 14.4. The van der Waals surface area contributed by atoms with Gasteiger partial charge in [0.15, 0.2) is 17.3 Å². The summed E-state index contributed by atoms with van der Waals surface area (Å²) in [6.07, 6.45) is 1.86. The number of carbonyl (C=O) groups is 1. The Labute approximate surface area is 145 Å². The highest BCUT2D eigenvalue weighted by molar-refractivity contribution is 5.75. The number of amides is 2. The molecule has 1 atom stereocenters. The van der Waals surface area contributed by atoms with Crippen molar-refractivity contribution in [2.45, 2.75) is 32.4 Å². The minimum absolute atomic E-state index is 0.0403. The largest absolute Gasteiger partial charge is 0.486 e. The fourth-order valence-corrected chi connectivity index (χ4v) is 3.32. The fourth-order valence-electron chi connectivity index (χ4n) is 3.32. The van der Waals surface area contributed by atoms with E-state index in [0.29, 0.717) is 19.8 Å². The lowest BCUT2D eigenvalue weighted by Gasteiger charge is -2.23. The van der Waals surface area contributed by atoms with Gasteiger partial charge in [0, 0.05) is 19.2 Å². The topological polar surface area (TPSA) is 76.8 Å². The van der Waals surface area contributed by atoms with Gasteiger partial charge in [0.1, 0.15) is 13.2 Å². The summed E-state index contributed by atoms with van der Waals surface area (Å²) in [6.45, 7) is 4.16. The van der Waals surface area contributed by atoms with Gasteiger partial charge in [-0.1, -0.05) is 11.2 Å². The number of carbonyl (C=O) groups excluding carboxylic acids is 1. The maximum absolute atomic E-state index is 12.6. The highest BCUT2D eigenvalue weighted by Gasteiger charge is 2.32. The summed E-state index contributed by atoms with van der Waals surface area (Å²) in [6, 6.07) is 7.50. The Morgan fingerprint density at radius 1 is 1.28 bits per heavy atom. The van der Waals surface area contributed by atoms with E-state index in [1.54, 1.807) is 0 Å². The molecule has 1 saturated heterocycles. The van der Waals surface area contributed by atoms with E-state index in [4.69, 9.17) is 14.0 Å². The van der Waals surface area contributed by atoms with Gasteiger partial charge in [-0.25, -0.2) is 4.79 Å². The second-order valence-electron chi connectivity index (χ2n) is 6.36. The van der Waals surface area contributed by atoms with Crippen molar-refractivity contribution in [1.29, 1.82) is 0 Å². The fraction of sp³-hybridized carbons (Fsp3) is 0.444. The molecule has 2 aliphatic rings. The molecule has 132 valence electrons. The molecule has 7 nitrogen and oxygen atoms in total. The number of benzene rings is 1. The minimum Gasteiger partial charge on any atom is -0.486 e. The quantitative estimate of drug-likeness (QED) is 0.927. The second-order valence-corrected chi connectivity index (χ2v) is 6.36. The van der Waals surface area contributed by atoms with Crippen molar-refractivity contribution in [2.24, 2.45) is 0 Å². The number of aromatic nitrogens is 1. The summed E-state index contributed by atoms with van der Waals surface area (Å²) in [7, 11) is 0. The first-order valence-corrected chi connectivity index (χ1v) is 8.57. The van der Waals surface area contributed by atoms with Crippen LogP contribution < -0.4 is 14.8 Å². The third-order valence-corrected chi connectivity index (χ3v) is 4.54. The van der Waals surface area contributed by atoms with Crippen molar-refractivity contribution >= 4 is 6.03 Å². The summed E-state index contributed by atoms with van der Waals surface area (Å²) < 4.78 is 16.4. The number of ether oxygens (including phenoxy) is 2. The second kappa shape index (κ2) is 6.66. The van der Waals surface area contributed by atoms with Gasteiger partial charge in [-0.15, -0.1) is 0 Å². The van der Waals surface area contributed by atoms with E-state index in [-0.39, 0.29) is 12.1 Å². The summed E-state index contributed by atoms with van der Waals surface area (Å²) >= 11 is 0. The van der Waals surface area contributed by atoms with E-state index in [2.05, 4.69) is 10.5 Å². The predicted molar refractivity (Wildman–Crippen MR) is 89.6 cm³/mol. The lowest BCUT2D eigenvalue weighted by molar-refractivity contribution is 0.171. The van der Waals surface area contributed by atoms with E-state index in [0.717, 1.165) is 47.9 Å². The van der Waals surface area contributed by atoms with Crippen molar-refractivity contribution in [3.05, 3.63) is 41.3 Å². The van der Waals surface area contributed by atoms with Gasteiger partial charge in [0.05, 0.1) is 11.7 Å². The molecule has 0 spiro atoms. The zero-order valence-corrected chi connectivity index (χ0v) is 14.2. The monoisotopic (exact) mass is 343 g/mol. The van der Waals surface area contributed by atoms with Crippen LogP contribution >= 0.6 is 0 Å². The average Bonchev–Trinajstić information content (AvgIpc) is 3.28. The van der Waals surface area contributed by atoms with E-state index in [1.807, 2.05) is 36.1 Å². The number of hydrogen-bond acceptors (Lipinski definition) is 5. The van der Waals surface area contributed by atoms with Gasteiger partial charge < -0.3 is 24.2 Å². The molecule has 2 amide bonds. The molecule has 2 aromatic rings. The molecule has 1 aromatic heterocycles. The minimum atomic E-state index is -0.0913. The van der Waals surface area contributed by atoms with Crippen LogP contribution in [0.3, 0.4) is 0 Å². The first-order valence-electron chi connectivity index (χ1n) is 8.57. The molecular formula is C18H21N3O4. The van der Waals surface area contributed by atoms with Crippen LogP contribution in [0.5, 0.6) is 11.5 Å². The van der Waals surface area contributed by atoms with Gasteiger partial charge >= 0.3 is 6.03 Å². The van der Waals surface area contributed by atoms with Crippen molar-refractivity contribution in [1.82, 2.24) is 15.4 Å². The molecule has 1 aromatic carbocycles. The molecule has 0 unspecified atom stereocenters. The summed E-state index contributed by atoms with van der Waals surface area (Å²) in [5.41, 5.74) is 1.81. The van der Waals surface area contributed by atoms with Gasteiger partial charge in [-0.05, 0) is 37.5 Å². The molecule has 1 fully saturated rings. The number of fused-ring (bicyclic) bond motifs is 1. The first-order chi connectivity index (χ1) is 12.2. The van der Waals surface area contributed by atoms with Gasteiger partial charge in [0.25, 0.3) is 0 Å². The van der Waals surface area contributed by atoms with Crippen molar-refractivity contribution in [2.75, 3.05) is 19.8 Å². The molecule has 0 bridgehead atoms. The molecule has 0 saturated carbocycles. The Kier molecular flexibility index (Phi) is 4.21. The molecule has 0 aliphatic carbocycles. The number of rotatable bonds is 3. The Morgan fingerprint density at radius 2 is 2.12 bits per heavy atom. The van der Waals surface area contributed by atoms with Gasteiger partial charge in [-0.2, -0.15) is 0 Å². The van der Waals surface area contributed by atoms with Crippen molar-refractivity contribution in [3.8, 4) is 11.5 Å². The number of aryl methyl sites for hydroxylation is 1. The smallest absolute Gasteiger partial charge is 0.318 e. The van der Waals surface area contributed by atoms with Crippen LogP contribution in [-0.2, 0) is 6.54 Å². The average molecular weight is 343 g/mol. The first kappa shape index (κ1) is 15.8. The number of likely N-dealkylation sites (tertiary alicyclic amines) is 1. The van der Waals surface area contributed by atoms with Crippen LogP contribution in [0.1, 0.15) is 35.9 Å². The molecule has 3 heterocycles. The standard InChI is InChI=1S/C18H21N3O4/c1-12-9-16(25-20-12)14-3-2-6-21(14)18(22)19-11-13-4-5-15-17(10-13)24-8-7-23-15/h4-5,9-10,14H,2-3,6-8,11H2,1H3,(H,19,22)/t14-/m1/s1. The lowest BCUT2D eigenvalue weighted by Crippen LogP contribution is -2.39. The molecule has 1 N–H and O–H groups in total. The van der Waals surface area contributed by atoms with Crippen molar-refractivity contribution in [3.63, 3.8) is 0 Å². The van der Waals surface area contributed by atoms with E-state index < -0.39 is 0 Å². The van der Waals surface area contributed by atoms with Crippen LogP contribution in [0.2, 0.25) is 0 Å². The number of nitrogens with one attached hydrogen (secondary N) is 1. The van der Waals surface area contributed by atoms with Crippen molar-refractivity contribution < 1.29 is 18.8 Å². The third-order valence-electron chi connectivity index (χ3n) is 4.54. The van der Waals surface area contributed by atoms with Crippen LogP contribution in [-0.4, -0.2) is 35.8 Å². The molecule has 4 rings (SSSR count). The molecular weight excluding hydrogens is 322 g/mol. The van der Waals surface area contributed by atoms with Gasteiger partial charge in [-0.3, -0.25) is 0 Å². The highest BCUT2D eigenvalue weighted by Crippen LogP contribution is 2.33. The number of urea groups is 1. The predicted octanol–water partition coefficient (Wildman–Crippen LogP) is 2.80. The van der Waals surface area contributed by atoms with Crippen LogP contribution in [0.25, 0.3) is 0 Å². The van der Waals surface area contributed by atoms with E-state index in [1.165, 1.54) is 0 Å². The molecule has 7 heteroatoms. The lowest BCUT2D eigenvalue weighted by atomic mass is 10.1. The SMILES string of the molecule is Cc1cc([C@H]2CCCN2C(=O)NCc2ccc3c(c2)OCCO3)on1. The summed E-state index contributed by atoms with van der Waals surface area (Å²) in [5.74, 6) is 2.24. The zero-order chi connectivity index (χ0) is 17.2. The Bertz CT molecular complexity index is 773. The van der Waals surface area contributed by atoms with Gasteiger partial charge in [0.2, 0.25) is 0 Å². The van der Waals surface area contributed by atoms with E-state index >= 15 is 0 Å². The maximum atomic E-state index is 12.6. The normalized spacial score (nSPS) is 19.1. The maximum Gasteiger partial charge on any atom is 0.318 e. The van der Waals surface area contributed by atoms with Crippen LogP contribution in [0.4, 0.5) is 4.79 Å². The Hall–Kier alpha value is -2.70. The highest BCUT2D eigenvalue weighted by atomic mass is 16.6. The zero-order valence-electron chi connectivity index (χ0n) is 14.2. The molecule has 2 aliphatic heterocycles. The molecule has 0 radical (unpaired) electrons. The Balaban J connectivity index is 1.40. The third kappa shape index (κ3) is 3.26. The number of hydrogen-bond donors (Lipinski definition) is 1. The summed E-state index contributed by atoms with van der Waals surface area (Å²) in [5, 5.41) is 6.91. The Morgan fingerprint density at radius 3 is 2.92 bits per heavy atom.